The van der Waals surface area contributed by atoms with E-state index in [4.69, 9.17) is 10.5 Å². The van der Waals surface area contributed by atoms with Gasteiger partial charge in [0.1, 0.15) is 10.6 Å². The van der Waals surface area contributed by atoms with Crippen LogP contribution in [0.5, 0.6) is 5.75 Å². The summed E-state index contributed by atoms with van der Waals surface area (Å²) in [5.41, 5.74) is 6.30. The van der Waals surface area contributed by atoms with Crippen LogP contribution < -0.4 is 15.2 Å². The highest BCUT2D eigenvalue weighted by molar-refractivity contribution is 7.92. The van der Waals surface area contributed by atoms with E-state index in [1.54, 1.807) is 30.3 Å². The van der Waals surface area contributed by atoms with Crippen LogP contribution in [0.2, 0.25) is 0 Å². The van der Waals surface area contributed by atoms with Gasteiger partial charge in [-0.2, -0.15) is 0 Å². The highest BCUT2D eigenvalue weighted by Crippen LogP contribution is 2.20. The van der Waals surface area contributed by atoms with Crippen molar-refractivity contribution in [3.05, 3.63) is 48.3 Å². The largest absolute Gasteiger partial charge is 0.494 e. The first-order valence-corrected chi connectivity index (χ1v) is 7.94. The molecule has 2 aromatic rings. The van der Waals surface area contributed by atoms with E-state index >= 15 is 0 Å². The van der Waals surface area contributed by atoms with Gasteiger partial charge in [0.05, 0.1) is 12.3 Å². The predicted octanol–water partition coefficient (Wildman–Crippen LogP) is 1.74. The molecule has 1 aromatic carbocycles. The third-order valence-corrected chi connectivity index (χ3v) is 4.20. The Kier molecular flexibility index (Phi) is 4.77. The van der Waals surface area contributed by atoms with E-state index in [2.05, 4.69) is 9.71 Å². The number of hydrogen-bond donors (Lipinski definition) is 2. The number of nitrogens with two attached hydrogens (primary N) is 1. The van der Waals surface area contributed by atoms with Crippen LogP contribution in [0, 0.1) is 0 Å². The molecule has 0 amide bonds. The minimum absolute atomic E-state index is 0.0559. The summed E-state index contributed by atoms with van der Waals surface area (Å²) in [4.78, 5) is 4.06. The van der Waals surface area contributed by atoms with Gasteiger partial charge >= 0.3 is 0 Å². The Labute approximate surface area is 124 Å². The van der Waals surface area contributed by atoms with Gasteiger partial charge < -0.3 is 10.5 Å². The topological polar surface area (TPSA) is 94.3 Å². The zero-order chi connectivity index (χ0) is 15.3. The van der Waals surface area contributed by atoms with Crippen LogP contribution >= 0.6 is 0 Å². The van der Waals surface area contributed by atoms with Gasteiger partial charge in [-0.1, -0.05) is 0 Å². The van der Waals surface area contributed by atoms with Crippen molar-refractivity contribution in [2.24, 2.45) is 5.73 Å². The summed E-state index contributed by atoms with van der Waals surface area (Å²) in [6, 6.07) is 9.73. The van der Waals surface area contributed by atoms with E-state index in [-0.39, 0.29) is 11.4 Å². The Bertz CT molecular complexity index is 700. The van der Waals surface area contributed by atoms with Crippen molar-refractivity contribution in [3.8, 4) is 5.75 Å². The molecule has 0 radical (unpaired) electrons. The first-order valence-electron chi connectivity index (χ1n) is 6.46. The third-order valence-electron chi connectivity index (χ3n) is 2.75. The van der Waals surface area contributed by atoms with E-state index in [9.17, 15) is 8.42 Å². The molecule has 0 saturated heterocycles. The van der Waals surface area contributed by atoms with Crippen LogP contribution in [0.4, 0.5) is 5.69 Å². The Morgan fingerprint density at radius 3 is 2.57 bits per heavy atom. The number of sulfonamides is 1. The van der Waals surface area contributed by atoms with Gasteiger partial charge in [-0.05, 0) is 43.3 Å². The molecule has 0 aliphatic carbocycles. The number of nitrogens with zero attached hydrogens (tertiary/aromatic N) is 1. The maximum atomic E-state index is 12.4. The van der Waals surface area contributed by atoms with E-state index in [1.807, 2.05) is 6.92 Å². The molecule has 0 saturated carbocycles. The molecular formula is C14H17N3O3S. The van der Waals surface area contributed by atoms with Crippen LogP contribution in [0.1, 0.15) is 12.6 Å². The maximum absolute atomic E-state index is 12.4. The van der Waals surface area contributed by atoms with Crippen LogP contribution in [-0.4, -0.2) is 20.0 Å². The molecule has 21 heavy (non-hydrogen) atoms. The number of ether oxygens (including phenoxy) is 1. The Morgan fingerprint density at radius 2 is 1.95 bits per heavy atom. The molecule has 1 aromatic heterocycles. The summed E-state index contributed by atoms with van der Waals surface area (Å²) in [5, 5.41) is 0. The summed E-state index contributed by atoms with van der Waals surface area (Å²) in [5.74, 6) is 0.685. The standard InChI is InChI=1S/C14H17N3O3S/c1-2-20-12-7-5-11(6-8-12)17-21(18,19)14-4-3-9-16-13(14)10-15/h3-9,17H,2,10,15H2,1H3. The summed E-state index contributed by atoms with van der Waals surface area (Å²) < 4.78 is 32.5. The smallest absolute Gasteiger partial charge is 0.263 e. The summed E-state index contributed by atoms with van der Waals surface area (Å²) >= 11 is 0. The lowest BCUT2D eigenvalue weighted by Gasteiger charge is -2.11. The fourth-order valence-electron chi connectivity index (χ4n) is 1.82. The SMILES string of the molecule is CCOc1ccc(NS(=O)(=O)c2cccnc2CN)cc1. The molecule has 2 rings (SSSR count). The zero-order valence-corrected chi connectivity index (χ0v) is 12.4. The molecular weight excluding hydrogens is 290 g/mol. The molecule has 6 nitrogen and oxygen atoms in total. The van der Waals surface area contributed by atoms with Gasteiger partial charge in [0.2, 0.25) is 0 Å². The zero-order valence-electron chi connectivity index (χ0n) is 11.6. The van der Waals surface area contributed by atoms with Gasteiger partial charge in [0.15, 0.2) is 0 Å². The van der Waals surface area contributed by atoms with Crippen LogP contribution in [0.3, 0.4) is 0 Å². The van der Waals surface area contributed by atoms with E-state index in [0.717, 1.165) is 0 Å². The minimum Gasteiger partial charge on any atom is -0.494 e. The lowest BCUT2D eigenvalue weighted by molar-refractivity contribution is 0.340. The molecule has 7 heteroatoms. The van der Waals surface area contributed by atoms with Gasteiger partial charge in [0.25, 0.3) is 10.0 Å². The van der Waals surface area contributed by atoms with Crippen molar-refractivity contribution >= 4 is 15.7 Å². The number of anilines is 1. The van der Waals surface area contributed by atoms with Crippen molar-refractivity contribution in [1.82, 2.24) is 4.98 Å². The van der Waals surface area contributed by atoms with Crippen molar-refractivity contribution in [2.45, 2.75) is 18.4 Å². The number of aromatic nitrogens is 1. The minimum atomic E-state index is -3.71. The van der Waals surface area contributed by atoms with Gasteiger partial charge in [-0.25, -0.2) is 8.42 Å². The molecule has 112 valence electrons. The van der Waals surface area contributed by atoms with Crippen LogP contribution in [0.25, 0.3) is 0 Å². The number of hydrogen-bond acceptors (Lipinski definition) is 5. The monoisotopic (exact) mass is 307 g/mol. The lowest BCUT2D eigenvalue weighted by Crippen LogP contribution is -2.17. The molecule has 0 spiro atoms. The van der Waals surface area contributed by atoms with Crippen molar-refractivity contribution < 1.29 is 13.2 Å². The second-order valence-corrected chi connectivity index (χ2v) is 5.87. The number of pyridine rings is 1. The quantitative estimate of drug-likeness (QED) is 0.847. The Morgan fingerprint density at radius 1 is 1.24 bits per heavy atom. The summed E-state index contributed by atoms with van der Waals surface area (Å²) in [6.45, 7) is 2.49. The Hall–Kier alpha value is -2.12. The summed E-state index contributed by atoms with van der Waals surface area (Å²) in [6.07, 6.45) is 1.51. The van der Waals surface area contributed by atoms with Crippen molar-refractivity contribution in [2.75, 3.05) is 11.3 Å². The second kappa shape index (κ2) is 6.55. The predicted molar refractivity (Wildman–Crippen MR) is 80.5 cm³/mol. The van der Waals surface area contributed by atoms with Crippen LogP contribution in [0.15, 0.2) is 47.5 Å². The van der Waals surface area contributed by atoms with Crippen molar-refractivity contribution in [3.63, 3.8) is 0 Å². The number of nitrogens with one attached hydrogen (secondary N) is 1. The molecule has 0 unspecified atom stereocenters. The van der Waals surface area contributed by atoms with E-state index in [0.29, 0.717) is 23.7 Å². The first kappa shape index (κ1) is 15.3. The molecule has 0 fully saturated rings. The molecule has 1 heterocycles. The first-order chi connectivity index (χ1) is 10.1. The summed E-state index contributed by atoms with van der Waals surface area (Å²) in [7, 11) is -3.71. The number of rotatable bonds is 6. The van der Waals surface area contributed by atoms with Gasteiger partial charge in [-0.15, -0.1) is 0 Å². The normalized spacial score (nSPS) is 11.1. The Balaban J connectivity index is 2.24. The molecule has 0 aliphatic rings. The second-order valence-electron chi connectivity index (χ2n) is 4.22. The molecule has 3 N–H and O–H groups in total. The van der Waals surface area contributed by atoms with E-state index in [1.165, 1.54) is 12.3 Å². The maximum Gasteiger partial charge on any atom is 0.263 e. The molecule has 0 bridgehead atoms. The lowest BCUT2D eigenvalue weighted by atomic mass is 10.3. The fraction of sp³-hybridized carbons (Fsp3) is 0.214. The van der Waals surface area contributed by atoms with E-state index < -0.39 is 10.0 Å². The fourth-order valence-corrected chi connectivity index (χ4v) is 3.08. The average molecular weight is 307 g/mol. The van der Waals surface area contributed by atoms with Crippen LogP contribution in [-0.2, 0) is 16.6 Å². The third kappa shape index (κ3) is 3.71. The molecule has 0 aliphatic heterocycles. The van der Waals surface area contributed by atoms with Crippen molar-refractivity contribution in [1.29, 1.82) is 0 Å². The average Bonchev–Trinajstić information content (AvgIpc) is 2.49. The highest BCUT2D eigenvalue weighted by atomic mass is 32.2. The van der Waals surface area contributed by atoms with Gasteiger partial charge in [-0.3, -0.25) is 9.71 Å². The molecule has 0 atom stereocenters. The highest BCUT2D eigenvalue weighted by Gasteiger charge is 2.18. The van der Waals surface area contributed by atoms with Gasteiger partial charge in [0, 0.05) is 18.4 Å². The number of benzene rings is 1.